The minimum atomic E-state index is -0.427. The van der Waals surface area contributed by atoms with Crippen LogP contribution in [-0.2, 0) is 27.1 Å². The summed E-state index contributed by atoms with van der Waals surface area (Å²) in [6, 6.07) is 0. The number of rotatable bonds is 2. The number of hydrogen-bond donors (Lipinski definition) is 0. The van der Waals surface area contributed by atoms with Crippen LogP contribution in [0.15, 0.2) is 5.38 Å². The predicted octanol–water partition coefficient (Wildman–Crippen LogP) is 2.16. The molecule has 0 amide bonds. The summed E-state index contributed by atoms with van der Waals surface area (Å²) in [5.41, 5.74) is 1.85. The van der Waals surface area contributed by atoms with Gasteiger partial charge in [-0.25, -0.2) is 4.79 Å². The maximum absolute atomic E-state index is 11.8. The molecule has 2 heterocycles. The van der Waals surface area contributed by atoms with Crippen molar-refractivity contribution < 1.29 is 19.0 Å². The van der Waals surface area contributed by atoms with Crippen molar-refractivity contribution in [3.63, 3.8) is 0 Å². The second-order valence-corrected chi connectivity index (χ2v) is 5.52. The Kier molecular flexibility index (Phi) is 3.13. The molecule has 3 rings (SSSR count). The number of hydrogen-bond acceptors (Lipinski definition) is 5. The summed E-state index contributed by atoms with van der Waals surface area (Å²) in [5.74, 6) is -0.636. The highest BCUT2D eigenvalue weighted by atomic mass is 32.1. The highest BCUT2D eigenvalue weighted by Crippen LogP contribution is 2.39. The van der Waals surface area contributed by atoms with Gasteiger partial charge in [0.1, 0.15) is 0 Å². The first-order valence-electron chi connectivity index (χ1n) is 6.28. The molecule has 0 radical (unpaired) electrons. The molecule has 0 saturated carbocycles. The van der Waals surface area contributed by atoms with E-state index in [4.69, 9.17) is 14.2 Å². The molecule has 1 fully saturated rings. The molecule has 1 aromatic heterocycles. The van der Waals surface area contributed by atoms with Gasteiger partial charge in [0, 0.05) is 23.1 Å². The third-order valence-electron chi connectivity index (χ3n) is 3.48. The molecule has 0 bridgehead atoms. The van der Waals surface area contributed by atoms with Crippen molar-refractivity contribution in [1.82, 2.24) is 0 Å². The third-order valence-corrected chi connectivity index (χ3v) is 4.50. The summed E-state index contributed by atoms with van der Waals surface area (Å²) in [7, 11) is 0. The van der Waals surface area contributed by atoms with E-state index in [0.29, 0.717) is 19.8 Å². The number of ether oxygens (including phenoxy) is 3. The van der Waals surface area contributed by atoms with Gasteiger partial charge in [-0.15, -0.1) is 11.3 Å². The first-order chi connectivity index (χ1) is 8.74. The fraction of sp³-hybridized carbons (Fsp3) is 0.615. The monoisotopic (exact) mass is 268 g/mol. The van der Waals surface area contributed by atoms with Crippen LogP contribution in [0.1, 0.15) is 34.1 Å². The fourth-order valence-electron chi connectivity index (χ4n) is 2.62. The van der Waals surface area contributed by atoms with Crippen molar-refractivity contribution in [1.29, 1.82) is 0 Å². The fourth-order valence-corrected chi connectivity index (χ4v) is 3.77. The van der Waals surface area contributed by atoms with Crippen LogP contribution in [0.2, 0.25) is 0 Å². The Morgan fingerprint density at radius 2 is 2.28 bits per heavy atom. The smallest absolute Gasteiger partial charge is 0.339 e. The van der Waals surface area contributed by atoms with Gasteiger partial charge >= 0.3 is 5.97 Å². The second kappa shape index (κ2) is 4.64. The van der Waals surface area contributed by atoms with Crippen molar-refractivity contribution in [3.8, 4) is 0 Å². The number of fused-ring (bicyclic) bond motifs is 1. The minimum absolute atomic E-state index is 0.209. The molecule has 98 valence electrons. The number of carbonyl (C=O) groups excluding carboxylic acids is 1. The minimum Gasteiger partial charge on any atom is -0.462 e. The largest absolute Gasteiger partial charge is 0.462 e. The highest BCUT2D eigenvalue weighted by Gasteiger charge is 2.41. The predicted molar refractivity (Wildman–Crippen MR) is 66.9 cm³/mol. The maximum atomic E-state index is 11.8. The van der Waals surface area contributed by atoms with E-state index in [1.54, 1.807) is 11.3 Å². The molecule has 1 aliphatic carbocycles. The average Bonchev–Trinajstić information content (AvgIpc) is 2.97. The molecule has 0 unspecified atom stereocenters. The van der Waals surface area contributed by atoms with Crippen molar-refractivity contribution in [2.45, 2.75) is 32.0 Å². The maximum Gasteiger partial charge on any atom is 0.339 e. The summed E-state index contributed by atoms with van der Waals surface area (Å²) in [5, 5.41) is 1.90. The SMILES string of the molecule is CCOC(=O)c1csc2c1CCC1(C2)OCCO1. The quantitative estimate of drug-likeness (QED) is 0.771. The van der Waals surface area contributed by atoms with Gasteiger partial charge in [-0.3, -0.25) is 0 Å². The highest BCUT2D eigenvalue weighted by molar-refractivity contribution is 7.10. The van der Waals surface area contributed by atoms with Crippen LogP contribution in [0.4, 0.5) is 0 Å². The summed E-state index contributed by atoms with van der Waals surface area (Å²) >= 11 is 1.61. The first kappa shape index (κ1) is 12.1. The molecule has 1 spiro atoms. The summed E-state index contributed by atoms with van der Waals surface area (Å²) in [6.45, 7) is 3.59. The molecule has 0 N–H and O–H groups in total. The molecule has 2 aliphatic rings. The topological polar surface area (TPSA) is 44.8 Å². The van der Waals surface area contributed by atoms with Gasteiger partial charge in [0.25, 0.3) is 0 Å². The van der Waals surface area contributed by atoms with Gasteiger partial charge in [-0.05, 0) is 18.9 Å². The van der Waals surface area contributed by atoms with E-state index < -0.39 is 5.79 Å². The lowest BCUT2D eigenvalue weighted by Crippen LogP contribution is -2.36. The van der Waals surface area contributed by atoms with Gasteiger partial charge in [-0.2, -0.15) is 0 Å². The molecule has 1 aliphatic heterocycles. The van der Waals surface area contributed by atoms with Crippen LogP contribution in [0, 0.1) is 0 Å². The van der Waals surface area contributed by atoms with Gasteiger partial charge in [0.2, 0.25) is 0 Å². The van der Waals surface area contributed by atoms with Gasteiger partial charge in [0.15, 0.2) is 5.79 Å². The number of thiophene rings is 1. The van der Waals surface area contributed by atoms with Crippen LogP contribution in [-0.4, -0.2) is 31.6 Å². The van der Waals surface area contributed by atoms with Gasteiger partial charge < -0.3 is 14.2 Å². The molecule has 0 atom stereocenters. The van der Waals surface area contributed by atoms with Gasteiger partial charge in [0.05, 0.1) is 25.4 Å². The summed E-state index contributed by atoms with van der Waals surface area (Å²) in [6.07, 6.45) is 2.41. The average molecular weight is 268 g/mol. The van der Waals surface area contributed by atoms with E-state index in [1.807, 2.05) is 12.3 Å². The molecular weight excluding hydrogens is 252 g/mol. The van der Waals surface area contributed by atoms with Crippen LogP contribution in [0.3, 0.4) is 0 Å². The summed E-state index contributed by atoms with van der Waals surface area (Å²) in [4.78, 5) is 13.0. The molecular formula is C13H16O4S. The number of carbonyl (C=O) groups is 1. The van der Waals surface area contributed by atoms with Crippen LogP contribution in [0.5, 0.6) is 0 Å². The Morgan fingerprint density at radius 3 is 3.00 bits per heavy atom. The Morgan fingerprint density at radius 1 is 1.50 bits per heavy atom. The zero-order valence-electron chi connectivity index (χ0n) is 10.4. The Bertz CT molecular complexity index is 460. The van der Waals surface area contributed by atoms with Crippen molar-refractivity contribution >= 4 is 17.3 Å². The third kappa shape index (κ3) is 1.96. The zero-order valence-corrected chi connectivity index (χ0v) is 11.2. The molecule has 5 heteroatoms. The van der Waals surface area contributed by atoms with Crippen molar-refractivity contribution in [3.05, 3.63) is 21.4 Å². The Labute approximate surface area is 110 Å². The summed E-state index contributed by atoms with van der Waals surface area (Å²) < 4.78 is 16.5. The molecule has 4 nitrogen and oxygen atoms in total. The van der Waals surface area contributed by atoms with Gasteiger partial charge in [-0.1, -0.05) is 0 Å². The molecule has 1 aromatic rings. The van der Waals surface area contributed by atoms with E-state index in [-0.39, 0.29) is 5.97 Å². The van der Waals surface area contributed by atoms with Crippen LogP contribution in [0.25, 0.3) is 0 Å². The molecule has 1 saturated heterocycles. The molecule has 0 aromatic carbocycles. The second-order valence-electron chi connectivity index (χ2n) is 4.56. The van der Waals surface area contributed by atoms with Crippen molar-refractivity contribution in [2.75, 3.05) is 19.8 Å². The standard InChI is InChI=1S/C13H16O4S/c1-2-15-12(14)10-8-18-11-7-13(4-3-9(10)11)16-5-6-17-13/h8H,2-7H2,1H3. The van der Waals surface area contributed by atoms with E-state index in [2.05, 4.69) is 0 Å². The van der Waals surface area contributed by atoms with E-state index in [0.717, 1.165) is 30.4 Å². The van der Waals surface area contributed by atoms with E-state index in [1.165, 1.54) is 4.88 Å². The van der Waals surface area contributed by atoms with E-state index in [9.17, 15) is 4.79 Å². The van der Waals surface area contributed by atoms with Crippen molar-refractivity contribution in [2.24, 2.45) is 0 Å². The lowest BCUT2D eigenvalue weighted by Gasteiger charge is -2.31. The lowest BCUT2D eigenvalue weighted by molar-refractivity contribution is -0.163. The lowest BCUT2D eigenvalue weighted by atomic mass is 9.91. The van der Waals surface area contributed by atoms with Crippen LogP contribution < -0.4 is 0 Å². The first-order valence-corrected chi connectivity index (χ1v) is 7.16. The van der Waals surface area contributed by atoms with Crippen LogP contribution >= 0.6 is 11.3 Å². The Balaban J connectivity index is 1.84. The van der Waals surface area contributed by atoms with E-state index >= 15 is 0 Å². The number of esters is 1. The molecule has 18 heavy (non-hydrogen) atoms. The Hall–Kier alpha value is -0.910. The zero-order chi connectivity index (χ0) is 12.6. The normalized spacial score (nSPS) is 20.9.